The molecule has 3 aromatic rings. The SMILES string of the molecule is O=C1CCCC2=C1[C@@H](c1cccc(Cl)c1Cl)c1c([nH]n(-c3ccccc3)c1=O)N2. The molecule has 1 atom stereocenters. The van der Waals surface area contributed by atoms with E-state index >= 15 is 0 Å². The van der Waals surface area contributed by atoms with Gasteiger partial charge in [-0.25, -0.2) is 4.68 Å². The number of para-hydroxylation sites is 1. The molecule has 0 spiro atoms. The van der Waals surface area contributed by atoms with E-state index in [0.29, 0.717) is 44.7 Å². The number of ketones is 1. The zero-order chi connectivity index (χ0) is 20.1. The van der Waals surface area contributed by atoms with Crippen LogP contribution in [-0.2, 0) is 4.79 Å². The standard InChI is InChI=1S/C22H17Cl2N3O2/c23-14-9-4-8-13(20(14)24)17-18-15(10-5-11-16(18)28)25-21-19(17)22(29)27(26-21)12-6-2-1-3-7-12/h1-4,6-9,17,25-26H,5,10-11H2/t17-/m1/s1. The molecule has 0 bridgehead atoms. The summed E-state index contributed by atoms with van der Waals surface area (Å²) in [6, 6.07) is 14.7. The maximum atomic E-state index is 13.5. The fourth-order valence-corrected chi connectivity index (χ4v) is 4.67. The Morgan fingerprint density at radius 3 is 2.55 bits per heavy atom. The summed E-state index contributed by atoms with van der Waals surface area (Å²) in [5, 5.41) is 7.23. The van der Waals surface area contributed by atoms with E-state index in [4.69, 9.17) is 23.2 Å². The van der Waals surface area contributed by atoms with E-state index in [1.165, 1.54) is 4.68 Å². The average molecular weight is 426 g/mol. The number of H-pyrrole nitrogens is 1. The number of benzene rings is 2. The van der Waals surface area contributed by atoms with Crippen molar-refractivity contribution in [2.45, 2.75) is 25.2 Å². The van der Waals surface area contributed by atoms with Crippen LogP contribution in [0.3, 0.4) is 0 Å². The van der Waals surface area contributed by atoms with Crippen molar-refractivity contribution in [1.29, 1.82) is 0 Å². The number of Topliss-reactive ketones (excluding diaryl/α,β-unsaturated/α-hetero) is 1. The number of halogens is 2. The summed E-state index contributed by atoms with van der Waals surface area (Å²) in [5.41, 5.74) is 3.10. The van der Waals surface area contributed by atoms with E-state index in [1.807, 2.05) is 36.4 Å². The first kappa shape index (κ1) is 18.3. The Labute approximate surface area is 176 Å². The van der Waals surface area contributed by atoms with Crippen LogP contribution in [-0.4, -0.2) is 15.6 Å². The van der Waals surface area contributed by atoms with Gasteiger partial charge < -0.3 is 5.32 Å². The molecule has 146 valence electrons. The smallest absolute Gasteiger partial charge is 0.277 e. The lowest BCUT2D eigenvalue weighted by atomic mass is 9.77. The third-order valence-electron chi connectivity index (χ3n) is 5.54. The highest BCUT2D eigenvalue weighted by atomic mass is 35.5. The maximum Gasteiger partial charge on any atom is 0.277 e. The number of nitrogens with zero attached hydrogens (tertiary/aromatic N) is 1. The lowest BCUT2D eigenvalue weighted by Crippen LogP contribution is -2.30. The molecule has 1 aliphatic heterocycles. The number of aromatic amines is 1. The molecule has 0 amide bonds. The minimum Gasteiger partial charge on any atom is -0.343 e. The molecule has 7 heteroatoms. The van der Waals surface area contributed by atoms with Gasteiger partial charge in [0.1, 0.15) is 5.82 Å². The molecule has 0 saturated carbocycles. The number of anilines is 1. The molecule has 29 heavy (non-hydrogen) atoms. The minimum atomic E-state index is -0.561. The summed E-state index contributed by atoms with van der Waals surface area (Å²) in [6.45, 7) is 0. The predicted molar refractivity (Wildman–Crippen MR) is 114 cm³/mol. The van der Waals surface area contributed by atoms with Gasteiger partial charge >= 0.3 is 0 Å². The molecule has 1 aromatic heterocycles. The normalized spacial score (nSPS) is 18.3. The number of carbonyl (C=O) groups excluding carboxylic acids is 1. The highest BCUT2D eigenvalue weighted by molar-refractivity contribution is 6.42. The Morgan fingerprint density at radius 2 is 1.76 bits per heavy atom. The van der Waals surface area contributed by atoms with Gasteiger partial charge in [-0.1, -0.05) is 53.5 Å². The number of hydrogen-bond acceptors (Lipinski definition) is 3. The molecule has 0 fully saturated rings. The highest BCUT2D eigenvalue weighted by Gasteiger charge is 2.39. The highest BCUT2D eigenvalue weighted by Crippen LogP contribution is 2.46. The van der Waals surface area contributed by atoms with E-state index < -0.39 is 5.92 Å². The van der Waals surface area contributed by atoms with Crippen LogP contribution in [0.1, 0.15) is 36.3 Å². The van der Waals surface area contributed by atoms with E-state index in [-0.39, 0.29) is 11.3 Å². The number of fused-ring (bicyclic) bond motifs is 1. The molecular weight excluding hydrogens is 409 g/mol. The second-order valence-electron chi connectivity index (χ2n) is 7.25. The van der Waals surface area contributed by atoms with Crippen molar-refractivity contribution >= 4 is 34.8 Å². The van der Waals surface area contributed by atoms with Gasteiger partial charge in [0.25, 0.3) is 5.56 Å². The summed E-state index contributed by atoms with van der Waals surface area (Å²) in [5.74, 6) is 0.0691. The number of rotatable bonds is 2. The topological polar surface area (TPSA) is 66.9 Å². The molecule has 2 aromatic carbocycles. The van der Waals surface area contributed by atoms with Crippen LogP contribution in [0.25, 0.3) is 5.69 Å². The summed E-state index contributed by atoms with van der Waals surface area (Å²) < 4.78 is 1.49. The predicted octanol–water partition coefficient (Wildman–Crippen LogP) is 5.04. The molecule has 1 aliphatic carbocycles. The van der Waals surface area contributed by atoms with Crippen molar-refractivity contribution in [2.24, 2.45) is 0 Å². The first-order chi connectivity index (χ1) is 14.1. The van der Waals surface area contributed by atoms with Gasteiger partial charge in [-0.2, -0.15) is 0 Å². The quantitative estimate of drug-likeness (QED) is 0.604. The Hall–Kier alpha value is -2.76. The third-order valence-corrected chi connectivity index (χ3v) is 6.38. The Kier molecular flexibility index (Phi) is 4.37. The first-order valence-corrected chi connectivity index (χ1v) is 10.2. The van der Waals surface area contributed by atoms with E-state index in [0.717, 1.165) is 18.5 Å². The molecule has 2 heterocycles. The molecule has 5 rings (SSSR count). The Morgan fingerprint density at radius 1 is 0.966 bits per heavy atom. The second-order valence-corrected chi connectivity index (χ2v) is 8.03. The number of allylic oxidation sites excluding steroid dienone is 2. The van der Waals surface area contributed by atoms with Crippen LogP contribution >= 0.6 is 23.2 Å². The van der Waals surface area contributed by atoms with Crippen molar-refractivity contribution in [2.75, 3.05) is 5.32 Å². The lowest BCUT2D eigenvalue weighted by molar-refractivity contribution is -0.116. The first-order valence-electron chi connectivity index (χ1n) is 9.43. The summed E-state index contributed by atoms with van der Waals surface area (Å²) in [6.07, 6.45) is 1.98. The van der Waals surface area contributed by atoms with Gasteiger partial charge in [-0.3, -0.25) is 14.7 Å². The average Bonchev–Trinajstić information content (AvgIpc) is 3.06. The van der Waals surface area contributed by atoms with Crippen molar-refractivity contribution in [1.82, 2.24) is 9.78 Å². The van der Waals surface area contributed by atoms with Crippen LogP contribution < -0.4 is 10.9 Å². The van der Waals surface area contributed by atoms with Gasteiger partial charge in [-0.05, 0) is 36.6 Å². The van der Waals surface area contributed by atoms with Crippen molar-refractivity contribution < 1.29 is 4.79 Å². The molecular formula is C22H17Cl2N3O2. The van der Waals surface area contributed by atoms with Gasteiger partial charge in [0.2, 0.25) is 0 Å². The van der Waals surface area contributed by atoms with Gasteiger partial charge in [0, 0.05) is 23.6 Å². The summed E-state index contributed by atoms with van der Waals surface area (Å²) >= 11 is 12.8. The number of hydrogen-bond donors (Lipinski definition) is 2. The number of nitrogens with one attached hydrogen (secondary N) is 2. The summed E-state index contributed by atoms with van der Waals surface area (Å²) in [7, 11) is 0. The van der Waals surface area contributed by atoms with Crippen LogP contribution in [0, 0.1) is 0 Å². The monoisotopic (exact) mass is 425 g/mol. The van der Waals surface area contributed by atoms with Crippen LogP contribution in [0.15, 0.2) is 64.6 Å². The van der Waals surface area contributed by atoms with Gasteiger partial charge in [0.05, 0.1) is 21.3 Å². The maximum absolute atomic E-state index is 13.5. The second kappa shape index (κ2) is 6.94. The van der Waals surface area contributed by atoms with Crippen LogP contribution in [0.4, 0.5) is 5.82 Å². The molecule has 2 N–H and O–H groups in total. The zero-order valence-electron chi connectivity index (χ0n) is 15.3. The minimum absolute atomic E-state index is 0.0392. The van der Waals surface area contributed by atoms with E-state index in [2.05, 4.69) is 10.4 Å². The molecule has 0 saturated heterocycles. The number of aromatic nitrogens is 2. The lowest BCUT2D eigenvalue weighted by Gasteiger charge is -2.31. The Bertz CT molecular complexity index is 1220. The van der Waals surface area contributed by atoms with Gasteiger partial charge in [-0.15, -0.1) is 0 Å². The Balaban J connectivity index is 1.79. The fourth-order valence-electron chi connectivity index (χ4n) is 4.25. The van der Waals surface area contributed by atoms with Gasteiger partial charge in [0.15, 0.2) is 5.78 Å². The summed E-state index contributed by atoms with van der Waals surface area (Å²) in [4.78, 5) is 26.4. The van der Waals surface area contributed by atoms with Crippen molar-refractivity contribution in [3.63, 3.8) is 0 Å². The molecule has 0 radical (unpaired) electrons. The largest absolute Gasteiger partial charge is 0.343 e. The molecule has 5 nitrogen and oxygen atoms in total. The molecule has 2 aliphatic rings. The van der Waals surface area contributed by atoms with Crippen molar-refractivity contribution in [3.8, 4) is 5.69 Å². The van der Waals surface area contributed by atoms with Crippen LogP contribution in [0.5, 0.6) is 0 Å². The number of carbonyl (C=O) groups is 1. The zero-order valence-corrected chi connectivity index (χ0v) is 16.8. The fraction of sp³-hybridized carbons (Fsp3) is 0.182. The third kappa shape index (κ3) is 2.84. The van der Waals surface area contributed by atoms with Crippen molar-refractivity contribution in [3.05, 3.63) is 91.3 Å². The molecule has 0 unspecified atom stereocenters. The van der Waals surface area contributed by atoms with Crippen LogP contribution in [0.2, 0.25) is 10.0 Å². The van der Waals surface area contributed by atoms with E-state index in [9.17, 15) is 9.59 Å². The van der Waals surface area contributed by atoms with E-state index in [1.54, 1.807) is 12.1 Å².